The molecule has 0 aromatic heterocycles. The van der Waals surface area contributed by atoms with Crippen LogP contribution >= 0.6 is 15.9 Å². The van der Waals surface area contributed by atoms with Crippen LogP contribution in [0.3, 0.4) is 0 Å². The smallest absolute Gasteiger partial charge is 0.151 e. The monoisotopic (exact) mass is 333 g/mol. The lowest BCUT2D eigenvalue weighted by molar-refractivity contribution is 0.500. The number of rotatable bonds is 6. The first-order chi connectivity index (χ1) is 8.34. The molecule has 0 saturated heterocycles. The molecule has 3 nitrogen and oxygen atoms in total. The molecule has 1 N–H and O–H groups in total. The first-order valence-electron chi connectivity index (χ1n) is 6.06. The highest BCUT2D eigenvalue weighted by Crippen LogP contribution is 2.17. The van der Waals surface area contributed by atoms with Gasteiger partial charge in [0.05, 0.1) is 5.75 Å². The summed E-state index contributed by atoms with van der Waals surface area (Å²) in [6.07, 6.45) is 0. The molecular formula is C13H20BrNO2S. The van der Waals surface area contributed by atoms with Crippen LogP contribution in [0.2, 0.25) is 0 Å². The molecule has 0 amide bonds. The topological polar surface area (TPSA) is 46.2 Å². The van der Waals surface area contributed by atoms with Crippen LogP contribution in [0.25, 0.3) is 0 Å². The summed E-state index contributed by atoms with van der Waals surface area (Å²) in [6, 6.07) is 8.13. The molecule has 2 atom stereocenters. The maximum Gasteiger partial charge on any atom is 0.151 e. The lowest BCUT2D eigenvalue weighted by Crippen LogP contribution is -2.35. The zero-order valence-corrected chi connectivity index (χ0v) is 13.4. The van der Waals surface area contributed by atoms with E-state index in [4.69, 9.17) is 0 Å². The predicted molar refractivity (Wildman–Crippen MR) is 79.5 cm³/mol. The second-order valence-electron chi connectivity index (χ2n) is 4.54. The summed E-state index contributed by atoms with van der Waals surface area (Å²) in [5.41, 5.74) is 1.15. The van der Waals surface area contributed by atoms with Crippen LogP contribution in [0.15, 0.2) is 28.7 Å². The standard InChI is InChI=1S/C13H20BrNO2S/c1-4-18(16,17)9-10(2)15-11(3)12-5-7-13(14)8-6-12/h5-8,10-11,15H,4,9H2,1-3H3/t10?,11-/m1/s1. The Morgan fingerprint density at radius 2 is 1.78 bits per heavy atom. The van der Waals surface area contributed by atoms with E-state index in [1.54, 1.807) is 6.92 Å². The van der Waals surface area contributed by atoms with Gasteiger partial charge in [0.2, 0.25) is 0 Å². The van der Waals surface area contributed by atoms with E-state index in [1.807, 2.05) is 38.1 Å². The fourth-order valence-electron chi connectivity index (χ4n) is 1.82. The number of benzene rings is 1. The van der Waals surface area contributed by atoms with Gasteiger partial charge in [-0.2, -0.15) is 0 Å². The minimum absolute atomic E-state index is 0.0476. The van der Waals surface area contributed by atoms with E-state index in [9.17, 15) is 8.42 Å². The number of nitrogens with one attached hydrogen (secondary N) is 1. The lowest BCUT2D eigenvalue weighted by atomic mass is 10.1. The highest BCUT2D eigenvalue weighted by molar-refractivity contribution is 9.10. The average Bonchev–Trinajstić information content (AvgIpc) is 2.29. The van der Waals surface area contributed by atoms with E-state index in [2.05, 4.69) is 21.2 Å². The molecule has 0 aliphatic rings. The summed E-state index contributed by atoms with van der Waals surface area (Å²) in [4.78, 5) is 0. The largest absolute Gasteiger partial charge is 0.307 e. The molecular weight excluding hydrogens is 314 g/mol. The first-order valence-corrected chi connectivity index (χ1v) is 8.67. The normalized spacial score (nSPS) is 15.3. The molecule has 0 spiro atoms. The van der Waals surface area contributed by atoms with Crippen LogP contribution in [0.1, 0.15) is 32.4 Å². The molecule has 0 radical (unpaired) electrons. The minimum atomic E-state index is -2.92. The first kappa shape index (κ1) is 15.7. The average molecular weight is 334 g/mol. The Bertz CT molecular complexity index is 470. The van der Waals surface area contributed by atoms with Crippen molar-refractivity contribution in [3.05, 3.63) is 34.3 Å². The van der Waals surface area contributed by atoms with Crippen molar-refractivity contribution in [2.75, 3.05) is 11.5 Å². The molecule has 1 aromatic carbocycles. The summed E-state index contributed by atoms with van der Waals surface area (Å²) in [5, 5.41) is 3.31. The van der Waals surface area contributed by atoms with Crippen LogP contribution in [0, 0.1) is 0 Å². The van der Waals surface area contributed by atoms with Crippen molar-refractivity contribution in [1.82, 2.24) is 5.32 Å². The Morgan fingerprint density at radius 3 is 2.28 bits per heavy atom. The molecule has 0 saturated carbocycles. The van der Waals surface area contributed by atoms with E-state index in [0.29, 0.717) is 0 Å². The second kappa shape index (κ2) is 6.68. The van der Waals surface area contributed by atoms with Crippen LogP contribution in [-0.4, -0.2) is 26.0 Å². The van der Waals surface area contributed by atoms with Gasteiger partial charge in [0.1, 0.15) is 0 Å². The molecule has 18 heavy (non-hydrogen) atoms. The van der Waals surface area contributed by atoms with Crippen molar-refractivity contribution in [2.24, 2.45) is 0 Å². The third-order valence-corrected chi connectivity index (χ3v) is 5.26. The number of sulfone groups is 1. The van der Waals surface area contributed by atoms with E-state index in [-0.39, 0.29) is 23.6 Å². The SMILES string of the molecule is CCS(=O)(=O)CC(C)N[C@H](C)c1ccc(Br)cc1. The zero-order chi connectivity index (χ0) is 13.8. The molecule has 0 heterocycles. The summed E-state index contributed by atoms with van der Waals surface area (Å²) in [6.45, 7) is 5.63. The van der Waals surface area contributed by atoms with Crippen LogP contribution in [0.5, 0.6) is 0 Å². The van der Waals surface area contributed by atoms with Gasteiger partial charge >= 0.3 is 0 Å². The van der Waals surface area contributed by atoms with E-state index >= 15 is 0 Å². The van der Waals surface area contributed by atoms with Gasteiger partial charge in [0, 0.05) is 22.3 Å². The molecule has 102 valence electrons. The molecule has 0 bridgehead atoms. The van der Waals surface area contributed by atoms with Gasteiger partial charge in [-0.15, -0.1) is 0 Å². The fraction of sp³-hybridized carbons (Fsp3) is 0.538. The maximum absolute atomic E-state index is 11.5. The van der Waals surface area contributed by atoms with Crippen LogP contribution < -0.4 is 5.32 Å². The number of halogens is 1. The maximum atomic E-state index is 11.5. The molecule has 1 aromatic rings. The second-order valence-corrected chi connectivity index (χ2v) is 7.85. The van der Waals surface area contributed by atoms with Gasteiger partial charge in [-0.1, -0.05) is 35.0 Å². The van der Waals surface area contributed by atoms with Crippen molar-refractivity contribution in [3.63, 3.8) is 0 Å². The number of hydrogen-bond acceptors (Lipinski definition) is 3. The predicted octanol–water partition coefficient (Wildman–Crippen LogP) is 2.92. The Hall–Kier alpha value is -0.390. The highest BCUT2D eigenvalue weighted by Gasteiger charge is 2.16. The minimum Gasteiger partial charge on any atom is -0.307 e. The quantitative estimate of drug-likeness (QED) is 0.870. The van der Waals surface area contributed by atoms with E-state index in [0.717, 1.165) is 10.0 Å². The van der Waals surface area contributed by atoms with Gasteiger partial charge in [0.25, 0.3) is 0 Å². The Morgan fingerprint density at radius 1 is 1.22 bits per heavy atom. The third-order valence-electron chi connectivity index (χ3n) is 2.85. The van der Waals surface area contributed by atoms with Gasteiger partial charge in [-0.05, 0) is 31.5 Å². The van der Waals surface area contributed by atoms with Crippen LogP contribution in [0.4, 0.5) is 0 Å². The van der Waals surface area contributed by atoms with Crippen LogP contribution in [-0.2, 0) is 9.84 Å². The zero-order valence-electron chi connectivity index (χ0n) is 11.0. The van der Waals surface area contributed by atoms with E-state index in [1.165, 1.54) is 0 Å². The Kier molecular flexibility index (Phi) is 5.82. The van der Waals surface area contributed by atoms with Crippen molar-refractivity contribution in [2.45, 2.75) is 32.9 Å². The van der Waals surface area contributed by atoms with Crippen molar-refractivity contribution in [3.8, 4) is 0 Å². The molecule has 0 aliphatic heterocycles. The number of hydrogen-bond donors (Lipinski definition) is 1. The summed E-state index contributed by atoms with van der Waals surface area (Å²) < 4.78 is 24.1. The van der Waals surface area contributed by atoms with Crippen molar-refractivity contribution in [1.29, 1.82) is 0 Å². The highest BCUT2D eigenvalue weighted by atomic mass is 79.9. The van der Waals surface area contributed by atoms with Crippen molar-refractivity contribution >= 4 is 25.8 Å². The molecule has 1 unspecified atom stereocenters. The Balaban J connectivity index is 2.59. The fourth-order valence-corrected chi connectivity index (χ4v) is 3.18. The van der Waals surface area contributed by atoms with Gasteiger partial charge in [-0.25, -0.2) is 8.42 Å². The molecule has 1 rings (SSSR count). The Labute approximate surface area is 118 Å². The van der Waals surface area contributed by atoms with Crippen molar-refractivity contribution < 1.29 is 8.42 Å². The lowest BCUT2D eigenvalue weighted by Gasteiger charge is -2.20. The summed E-state index contributed by atoms with van der Waals surface area (Å²) in [7, 11) is -2.92. The van der Waals surface area contributed by atoms with Gasteiger partial charge in [0.15, 0.2) is 9.84 Å². The molecule has 0 fully saturated rings. The van der Waals surface area contributed by atoms with Gasteiger partial charge in [-0.3, -0.25) is 0 Å². The summed E-state index contributed by atoms with van der Waals surface area (Å²) in [5.74, 6) is 0.385. The van der Waals surface area contributed by atoms with E-state index < -0.39 is 9.84 Å². The molecule has 5 heteroatoms. The summed E-state index contributed by atoms with van der Waals surface area (Å²) >= 11 is 3.39. The third kappa shape index (κ3) is 5.08. The van der Waals surface area contributed by atoms with Gasteiger partial charge < -0.3 is 5.32 Å². The molecule has 0 aliphatic carbocycles.